The molecule has 132 valence electrons. The van der Waals surface area contributed by atoms with Crippen molar-refractivity contribution in [1.29, 1.82) is 0 Å². The van der Waals surface area contributed by atoms with E-state index in [1.807, 2.05) is 24.3 Å². The minimum absolute atomic E-state index is 0.0543. The van der Waals surface area contributed by atoms with Gasteiger partial charge in [0.1, 0.15) is 11.9 Å². The summed E-state index contributed by atoms with van der Waals surface area (Å²) in [6, 6.07) is 7.42. The fourth-order valence-electron chi connectivity index (χ4n) is 2.96. The van der Waals surface area contributed by atoms with Crippen molar-refractivity contribution in [2.45, 2.75) is 31.8 Å². The maximum absolute atomic E-state index is 11.5. The van der Waals surface area contributed by atoms with Gasteiger partial charge in [-0.25, -0.2) is 0 Å². The molecule has 6 nitrogen and oxygen atoms in total. The van der Waals surface area contributed by atoms with Gasteiger partial charge >= 0.3 is 0 Å². The summed E-state index contributed by atoms with van der Waals surface area (Å²) in [7, 11) is 0. The van der Waals surface area contributed by atoms with Crippen LogP contribution in [0.2, 0.25) is 0 Å². The molecule has 2 amide bonds. The van der Waals surface area contributed by atoms with Gasteiger partial charge in [0, 0.05) is 0 Å². The molecule has 1 aliphatic carbocycles. The summed E-state index contributed by atoms with van der Waals surface area (Å²) in [5, 5.41) is 1.89. The van der Waals surface area contributed by atoms with E-state index in [2.05, 4.69) is 5.32 Å². The molecule has 0 unspecified atom stereocenters. The molecule has 3 rings (SSSR count). The topological polar surface area (TPSA) is 81.7 Å². The molecule has 0 bridgehead atoms. The molecule has 0 atom stereocenters. The number of rotatable bonds is 6. The lowest BCUT2D eigenvalue weighted by atomic mass is 9.88. The van der Waals surface area contributed by atoms with Crippen molar-refractivity contribution < 1.29 is 23.9 Å². The van der Waals surface area contributed by atoms with Gasteiger partial charge in [0.15, 0.2) is 0 Å². The molecule has 0 aromatic heterocycles. The first-order chi connectivity index (χ1) is 12.1. The molecule has 2 fully saturated rings. The van der Waals surface area contributed by atoms with E-state index in [-0.39, 0.29) is 17.3 Å². The normalized spacial score (nSPS) is 24.9. The van der Waals surface area contributed by atoms with Crippen molar-refractivity contribution in [3.63, 3.8) is 0 Å². The van der Waals surface area contributed by atoms with Gasteiger partial charge in [-0.2, -0.15) is 0 Å². The quantitative estimate of drug-likeness (QED) is 0.619. The highest BCUT2D eigenvalue weighted by Gasteiger charge is 2.25. The van der Waals surface area contributed by atoms with Crippen molar-refractivity contribution in [2.24, 2.45) is 5.92 Å². The van der Waals surface area contributed by atoms with Crippen molar-refractivity contribution in [2.75, 3.05) is 6.61 Å². The zero-order valence-electron chi connectivity index (χ0n) is 13.6. The van der Waals surface area contributed by atoms with Gasteiger partial charge in [-0.15, -0.1) is 0 Å². The average Bonchev–Trinajstić information content (AvgIpc) is 2.93. The van der Waals surface area contributed by atoms with Gasteiger partial charge in [0.05, 0.1) is 11.5 Å². The first kappa shape index (κ1) is 17.5. The lowest BCUT2D eigenvalue weighted by Gasteiger charge is -2.27. The van der Waals surface area contributed by atoms with Crippen LogP contribution >= 0.6 is 11.8 Å². The van der Waals surface area contributed by atoms with Crippen LogP contribution in [0.4, 0.5) is 4.79 Å². The van der Waals surface area contributed by atoms with Crippen molar-refractivity contribution in [3.05, 3.63) is 34.7 Å². The minimum Gasteiger partial charge on any atom is -0.493 e. The number of carbonyl (C=O) groups excluding carboxylic acids is 3. The third-order valence-electron chi connectivity index (χ3n) is 4.35. The molecule has 1 aliphatic heterocycles. The number of hydrogen-bond donors (Lipinski definition) is 1. The Kier molecular flexibility index (Phi) is 5.75. The van der Waals surface area contributed by atoms with E-state index in [1.54, 1.807) is 6.08 Å². The van der Waals surface area contributed by atoms with Gasteiger partial charge in [-0.05, 0) is 67.1 Å². The van der Waals surface area contributed by atoms with Crippen LogP contribution in [0.3, 0.4) is 0 Å². The number of amides is 2. The SMILES string of the molecule is O=COC1CCC(COc2ccc(C=C3SC(=O)NC3=O)cc2)CC1. The number of nitrogens with one attached hydrogen (secondary N) is 1. The second-order valence-corrected chi connectivity index (χ2v) is 7.12. The fourth-order valence-corrected chi connectivity index (χ4v) is 3.64. The van der Waals surface area contributed by atoms with Crippen LogP contribution in [-0.2, 0) is 14.3 Å². The molecule has 1 aromatic carbocycles. The van der Waals surface area contributed by atoms with Crippen LogP contribution in [0, 0.1) is 5.92 Å². The number of ether oxygens (including phenoxy) is 2. The monoisotopic (exact) mass is 361 g/mol. The van der Waals surface area contributed by atoms with Gasteiger partial charge in [-0.1, -0.05) is 12.1 Å². The smallest absolute Gasteiger partial charge is 0.293 e. The zero-order valence-corrected chi connectivity index (χ0v) is 14.4. The second-order valence-electron chi connectivity index (χ2n) is 6.11. The Morgan fingerprint density at radius 3 is 2.44 bits per heavy atom. The first-order valence-electron chi connectivity index (χ1n) is 8.21. The van der Waals surface area contributed by atoms with E-state index >= 15 is 0 Å². The number of hydrogen-bond acceptors (Lipinski definition) is 6. The summed E-state index contributed by atoms with van der Waals surface area (Å²) in [4.78, 5) is 33.4. The molecular formula is C18H19NO5S. The van der Waals surface area contributed by atoms with E-state index in [0.29, 0.717) is 23.9 Å². The predicted molar refractivity (Wildman–Crippen MR) is 93.9 cm³/mol. The van der Waals surface area contributed by atoms with Gasteiger partial charge in [0.25, 0.3) is 17.6 Å². The minimum atomic E-state index is -0.357. The Bertz CT molecular complexity index is 677. The van der Waals surface area contributed by atoms with Crippen LogP contribution in [-0.4, -0.2) is 30.3 Å². The predicted octanol–water partition coefficient (Wildman–Crippen LogP) is 3.12. The van der Waals surface area contributed by atoms with Crippen LogP contribution in [0.15, 0.2) is 29.2 Å². The number of imide groups is 1. The molecule has 1 aromatic rings. The standard InChI is InChI=1S/C18H19NO5S/c20-11-24-15-7-3-13(4-8-15)10-23-14-5-1-12(2-6-14)9-16-17(21)19-18(22)25-16/h1-2,5-6,9,11,13,15H,3-4,7-8,10H2,(H,19,21,22). The molecule has 0 radical (unpaired) electrons. The molecule has 1 N–H and O–H groups in total. The molecule has 0 spiro atoms. The maximum Gasteiger partial charge on any atom is 0.293 e. The Morgan fingerprint density at radius 2 is 1.84 bits per heavy atom. The molecular weight excluding hydrogens is 342 g/mol. The maximum atomic E-state index is 11.5. The fraction of sp³-hybridized carbons (Fsp3) is 0.389. The largest absolute Gasteiger partial charge is 0.493 e. The Morgan fingerprint density at radius 1 is 1.12 bits per heavy atom. The summed E-state index contributed by atoms with van der Waals surface area (Å²) in [6.45, 7) is 1.17. The third-order valence-corrected chi connectivity index (χ3v) is 5.16. The third kappa shape index (κ3) is 4.85. The van der Waals surface area contributed by atoms with Crippen LogP contribution < -0.4 is 10.1 Å². The van der Waals surface area contributed by atoms with E-state index in [0.717, 1.165) is 48.8 Å². The molecule has 1 heterocycles. The van der Waals surface area contributed by atoms with Crippen molar-refractivity contribution in [1.82, 2.24) is 5.32 Å². The highest BCUT2D eigenvalue weighted by molar-refractivity contribution is 8.18. The summed E-state index contributed by atoms with van der Waals surface area (Å²) in [5.74, 6) is 0.885. The number of carbonyl (C=O) groups is 3. The van der Waals surface area contributed by atoms with Crippen molar-refractivity contribution in [3.8, 4) is 5.75 Å². The van der Waals surface area contributed by atoms with Crippen molar-refractivity contribution >= 4 is 35.5 Å². The lowest BCUT2D eigenvalue weighted by Crippen LogP contribution is -2.24. The summed E-state index contributed by atoms with van der Waals surface area (Å²) < 4.78 is 10.8. The highest BCUT2D eigenvalue weighted by atomic mass is 32.2. The first-order valence-corrected chi connectivity index (χ1v) is 9.02. The highest BCUT2D eigenvalue weighted by Crippen LogP contribution is 2.28. The van der Waals surface area contributed by atoms with E-state index < -0.39 is 0 Å². The van der Waals surface area contributed by atoms with E-state index in [1.165, 1.54) is 0 Å². The Labute approximate surface area is 149 Å². The van der Waals surface area contributed by atoms with E-state index in [4.69, 9.17) is 9.47 Å². The Hall–Kier alpha value is -2.28. The molecule has 7 heteroatoms. The van der Waals surface area contributed by atoms with Crippen LogP contribution in [0.1, 0.15) is 31.2 Å². The van der Waals surface area contributed by atoms with Gasteiger partial charge in [0.2, 0.25) is 0 Å². The molecule has 25 heavy (non-hydrogen) atoms. The summed E-state index contributed by atoms with van der Waals surface area (Å²) in [6.07, 6.45) is 5.49. The average molecular weight is 361 g/mol. The summed E-state index contributed by atoms with van der Waals surface area (Å²) in [5.41, 5.74) is 0.839. The van der Waals surface area contributed by atoms with Crippen LogP contribution in [0.5, 0.6) is 5.75 Å². The molecule has 2 aliphatic rings. The second kappa shape index (κ2) is 8.20. The Balaban J connectivity index is 1.48. The molecule has 1 saturated carbocycles. The molecule has 1 saturated heterocycles. The lowest BCUT2D eigenvalue weighted by molar-refractivity contribution is -0.135. The van der Waals surface area contributed by atoms with Crippen LogP contribution in [0.25, 0.3) is 6.08 Å². The van der Waals surface area contributed by atoms with E-state index in [9.17, 15) is 14.4 Å². The number of benzene rings is 1. The number of thioether (sulfide) groups is 1. The van der Waals surface area contributed by atoms with Gasteiger partial charge in [-0.3, -0.25) is 19.7 Å². The zero-order chi connectivity index (χ0) is 17.6. The van der Waals surface area contributed by atoms with Gasteiger partial charge < -0.3 is 9.47 Å². The summed E-state index contributed by atoms with van der Waals surface area (Å²) >= 11 is 0.904.